The van der Waals surface area contributed by atoms with Crippen LogP contribution < -0.4 is 15.0 Å². The Balaban J connectivity index is 1.75. The van der Waals surface area contributed by atoms with Gasteiger partial charge in [0.25, 0.3) is 5.91 Å². The molecule has 0 bridgehead atoms. The number of nitrogens with zero attached hydrogens (tertiary/aromatic N) is 1. The number of carbonyl (C=O) groups excluding carboxylic acids is 2. The van der Waals surface area contributed by atoms with Crippen molar-refractivity contribution in [2.24, 2.45) is 0 Å². The number of nitrogens with one attached hydrogen (secondary N) is 1. The summed E-state index contributed by atoms with van der Waals surface area (Å²) in [5.41, 5.74) is 0.324. The molecule has 0 aliphatic carbocycles. The van der Waals surface area contributed by atoms with Crippen molar-refractivity contribution in [2.75, 3.05) is 16.8 Å². The van der Waals surface area contributed by atoms with E-state index in [1.54, 1.807) is 36.9 Å². The molecule has 0 radical (unpaired) electrons. The number of carbonyl (C=O) groups is 2. The fourth-order valence-corrected chi connectivity index (χ4v) is 2.89. The molecule has 0 atom stereocenters. The zero-order valence-corrected chi connectivity index (χ0v) is 14.8. The second kappa shape index (κ2) is 6.76. The topological polar surface area (TPSA) is 58.6 Å². The van der Waals surface area contributed by atoms with Crippen LogP contribution in [0.2, 0.25) is 5.02 Å². The van der Waals surface area contributed by atoms with Gasteiger partial charge in [0.15, 0.2) is 5.60 Å². The summed E-state index contributed by atoms with van der Waals surface area (Å²) in [6, 6.07) is 14.3. The molecule has 25 heavy (non-hydrogen) atoms. The molecule has 2 aromatic carbocycles. The van der Waals surface area contributed by atoms with Crippen molar-refractivity contribution in [3.8, 4) is 5.75 Å². The molecule has 0 saturated carbocycles. The molecule has 0 saturated heterocycles. The lowest BCUT2D eigenvalue weighted by Gasteiger charge is -2.38. The maximum absolute atomic E-state index is 12.7. The van der Waals surface area contributed by atoms with Crippen molar-refractivity contribution in [2.45, 2.75) is 25.9 Å². The Hall–Kier alpha value is -2.53. The molecule has 2 amide bonds. The first kappa shape index (κ1) is 17.3. The second-order valence-electron chi connectivity index (χ2n) is 6.35. The Morgan fingerprint density at radius 1 is 1.20 bits per heavy atom. The van der Waals surface area contributed by atoms with E-state index in [-0.39, 0.29) is 24.8 Å². The van der Waals surface area contributed by atoms with Gasteiger partial charge in [-0.3, -0.25) is 9.59 Å². The van der Waals surface area contributed by atoms with E-state index in [0.717, 1.165) is 5.69 Å². The minimum absolute atomic E-state index is 0.160. The number of hydrogen-bond acceptors (Lipinski definition) is 3. The van der Waals surface area contributed by atoms with Crippen LogP contribution in [0, 0.1) is 0 Å². The third kappa shape index (κ3) is 3.77. The summed E-state index contributed by atoms with van der Waals surface area (Å²) in [6.07, 6.45) is 0.169. The smallest absolute Gasteiger partial charge is 0.270 e. The summed E-state index contributed by atoms with van der Waals surface area (Å²) >= 11 is 6.06. The molecule has 0 aromatic heterocycles. The lowest BCUT2D eigenvalue weighted by atomic mass is 10.0. The molecule has 0 unspecified atom stereocenters. The molecule has 1 aliphatic heterocycles. The highest BCUT2D eigenvalue weighted by atomic mass is 35.5. The van der Waals surface area contributed by atoms with E-state index < -0.39 is 5.60 Å². The third-order valence-corrected chi connectivity index (χ3v) is 4.19. The Labute approximate surface area is 151 Å². The highest BCUT2D eigenvalue weighted by Crippen LogP contribution is 2.39. The number of fused-ring (bicyclic) bond motifs is 1. The van der Waals surface area contributed by atoms with Gasteiger partial charge in [0, 0.05) is 23.7 Å². The van der Waals surface area contributed by atoms with Gasteiger partial charge in [-0.2, -0.15) is 0 Å². The van der Waals surface area contributed by atoms with Crippen LogP contribution >= 0.6 is 11.6 Å². The van der Waals surface area contributed by atoms with E-state index in [0.29, 0.717) is 16.5 Å². The molecule has 0 spiro atoms. The van der Waals surface area contributed by atoms with Gasteiger partial charge in [0.2, 0.25) is 5.91 Å². The van der Waals surface area contributed by atoms with Gasteiger partial charge >= 0.3 is 0 Å². The maximum Gasteiger partial charge on any atom is 0.270 e. The standard InChI is InChI=1S/C19H19ClN2O3/c1-19(2)18(24)22(15-12-13(20)8-9-16(15)25-19)11-10-17(23)21-14-6-4-3-5-7-14/h3-9,12H,10-11H2,1-2H3,(H,21,23). The van der Waals surface area contributed by atoms with Gasteiger partial charge in [-0.25, -0.2) is 0 Å². The van der Waals surface area contributed by atoms with E-state index >= 15 is 0 Å². The molecule has 1 aliphatic rings. The molecule has 6 heteroatoms. The predicted molar refractivity (Wildman–Crippen MR) is 98.2 cm³/mol. The number of amides is 2. The summed E-state index contributed by atoms with van der Waals surface area (Å²) < 4.78 is 5.77. The van der Waals surface area contributed by atoms with Gasteiger partial charge in [-0.05, 0) is 44.2 Å². The summed E-state index contributed by atoms with van der Waals surface area (Å²) in [5.74, 6) is 0.221. The normalized spacial score (nSPS) is 15.3. The zero-order valence-electron chi connectivity index (χ0n) is 14.1. The number of rotatable bonds is 4. The van der Waals surface area contributed by atoms with Crippen molar-refractivity contribution >= 4 is 34.8 Å². The molecule has 3 rings (SSSR count). The number of halogens is 1. The average Bonchev–Trinajstić information content (AvgIpc) is 2.57. The molecule has 2 aromatic rings. The fraction of sp³-hybridized carbons (Fsp3) is 0.263. The largest absolute Gasteiger partial charge is 0.476 e. The molecule has 1 heterocycles. The number of para-hydroxylation sites is 1. The monoisotopic (exact) mass is 358 g/mol. The Bertz CT molecular complexity index is 806. The van der Waals surface area contributed by atoms with Crippen LogP contribution in [0.25, 0.3) is 0 Å². The summed E-state index contributed by atoms with van der Waals surface area (Å²) in [4.78, 5) is 26.5. The van der Waals surface area contributed by atoms with Crippen LogP contribution in [0.4, 0.5) is 11.4 Å². The van der Waals surface area contributed by atoms with Crippen molar-refractivity contribution in [1.82, 2.24) is 0 Å². The highest BCUT2D eigenvalue weighted by molar-refractivity contribution is 6.31. The summed E-state index contributed by atoms with van der Waals surface area (Å²) in [7, 11) is 0. The Morgan fingerprint density at radius 2 is 1.92 bits per heavy atom. The van der Waals surface area contributed by atoms with Gasteiger partial charge in [0.05, 0.1) is 5.69 Å². The molecule has 1 N–H and O–H groups in total. The number of anilines is 2. The molecule has 5 nitrogen and oxygen atoms in total. The van der Waals surface area contributed by atoms with Gasteiger partial charge < -0.3 is 15.0 Å². The van der Waals surface area contributed by atoms with Crippen LogP contribution in [0.1, 0.15) is 20.3 Å². The number of hydrogen-bond donors (Lipinski definition) is 1. The van der Waals surface area contributed by atoms with Crippen molar-refractivity contribution in [3.05, 3.63) is 53.6 Å². The van der Waals surface area contributed by atoms with E-state index in [1.165, 1.54) is 0 Å². The van der Waals surface area contributed by atoms with Crippen molar-refractivity contribution in [1.29, 1.82) is 0 Å². The average molecular weight is 359 g/mol. The van der Waals surface area contributed by atoms with Crippen LogP contribution in [0.3, 0.4) is 0 Å². The SMILES string of the molecule is CC1(C)Oc2ccc(Cl)cc2N(CCC(=O)Nc2ccccc2)C1=O. The first-order valence-corrected chi connectivity index (χ1v) is 8.40. The van der Waals surface area contributed by atoms with Crippen LogP contribution in [0.5, 0.6) is 5.75 Å². The first-order valence-electron chi connectivity index (χ1n) is 8.02. The zero-order chi connectivity index (χ0) is 18.0. The first-order chi connectivity index (χ1) is 11.9. The molecule has 0 fully saturated rings. The summed E-state index contributed by atoms with van der Waals surface area (Å²) in [5, 5.41) is 3.33. The number of ether oxygens (including phenoxy) is 1. The fourth-order valence-electron chi connectivity index (χ4n) is 2.72. The van der Waals surface area contributed by atoms with Gasteiger partial charge in [-0.1, -0.05) is 29.8 Å². The lowest BCUT2D eigenvalue weighted by Crippen LogP contribution is -2.53. The Morgan fingerprint density at radius 3 is 2.64 bits per heavy atom. The molecular formula is C19H19ClN2O3. The van der Waals surface area contributed by atoms with Gasteiger partial charge in [-0.15, -0.1) is 0 Å². The van der Waals surface area contributed by atoms with E-state index in [4.69, 9.17) is 16.3 Å². The minimum Gasteiger partial charge on any atom is -0.476 e. The van der Waals surface area contributed by atoms with E-state index in [1.807, 2.05) is 30.3 Å². The quantitative estimate of drug-likeness (QED) is 0.902. The van der Waals surface area contributed by atoms with Crippen LogP contribution in [-0.4, -0.2) is 24.0 Å². The van der Waals surface area contributed by atoms with Gasteiger partial charge in [0.1, 0.15) is 5.75 Å². The predicted octanol–water partition coefficient (Wildman–Crippen LogP) is 3.87. The lowest BCUT2D eigenvalue weighted by molar-refractivity contribution is -0.132. The maximum atomic E-state index is 12.7. The van der Waals surface area contributed by atoms with Crippen molar-refractivity contribution < 1.29 is 14.3 Å². The van der Waals surface area contributed by atoms with E-state index in [2.05, 4.69) is 5.32 Å². The Kier molecular flexibility index (Phi) is 4.68. The van der Waals surface area contributed by atoms with Crippen LogP contribution in [-0.2, 0) is 9.59 Å². The van der Waals surface area contributed by atoms with Crippen molar-refractivity contribution in [3.63, 3.8) is 0 Å². The highest BCUT2D eigenvalue weighted by Gasteiger charge is 2.40. The van der Waals surface area contributed by atoms with Crippen LogP contribution in [0.15, 0.2) is 48.5 Å². The molecular weight excluding hydrogens is 340 g/mol. The van der Waals surface area contributed by atoms with E-state index in [9.17, 15) is 9.59 Å². The second-order valence-corrected chi connectivity index (χ2v) is 6.78. The number of benzene rings is 2. The minimum atomic E-state index is -0.989. The third-order valence-electron chi connectivity index (χ3n) is 3.96. The molecule has 130 valence electrons. The summed E-state index contributed by atoms with van der Waals surface area (Å²) in [6.45, 7) is 3.67.